The van der Waals surface area contributed by atoms with Gasteiger partial charge in [-0.2, -0.15) is 0 Å². The van der Waals surface area contributed by atoms with Crippen molar-refractivity contribution in [1.82, 2.24) is 4.31 Å². The Labute approximate surface area is 228 Å². The summed E-state index contributed by atoms with van der Waals surface area (Å²) in [6.45, 7) is 4.30. The molecule has 38 heavy (non-hydrogen) atoms. The lowest BCUT2D eigenvalue weighted by Crippen LogP contribution is -2.15. The second kappa shape index (κ2) is 13.7. The van der Waals surface area contributed by atoms with E-state index in [0.29, 0.717) is 23.7 Å². The van der Waals surface area contributed by atoms with Crippen molar-refractivity contribution in [3.63, 3.8) is 0 Å². The quantitative estimate of drug-likeness (QED) is 0.152. The Morgan fingerprint density at radius 3 is 2.50 bits per heavy atom. The van der Waals surface area contributed by atoms with Gasteiger partial charge in [0.05, 0.1) is 24.4 Å². The predicted octanol–water partition coefficient (Wildman–Crippen LogP) is 5.31. The molecule has 0 saturated carbocycles. The number of carboxylic acids is 1. The molecule has 0 heterocycles. The highest BCUT2D eigenvalue weighted by atomic mass is 32.2. The molecule has 0 bridgehead atoms. The number of nitrogens with zero attached hydrogens (tertiary/aromatic N) is 1. The number of rotatable bonds is 13. The number of nitrogens with two attached hydrogens (primary N) is 1. The average molecular weight is 538 g/mol. The topological polar surface area (TPSA) is 114 Å². The van der Waals surface area contributed by atoms with E-state index in [-0.39, 0.29) is 24.9 Å². The van der Waals surface area contributed by atoms with Crippen molar-refractivity contribution in [2.24, 2.45) is 0 Å². The summed E-state index contributed by atoms with van der Waals surface area (Å²) in [5.41, 5.74) is 11.1. The van der Waals surface area contributed by atoms with Crippen LogP contribution in [-0.4, -0.2) is 48.7 Å². The number of esters is 1. The second-order valence-electron chi connectivity index (χ2n) is 8.85. The van der Waals surface area contributed by atoms with E-state index in [1.54, 1.807) is 38.1 Å². The molecule has 3 rings (SSSR count). The van der Waals surface area contributed by atoms with E-state index >= 15 is 0 Å². The highest BCUT2D eigenvalue weighted by Crippen LogP contribution is 2.39. The third-order valence-corrected chi connectivity index (χ3v) is 6.93. The van der Waals surface area contributed by atoms with Crippen molar-refractivity contribution in [2.45, 2.75) is 37.6 Å². The van der Waals surface area contributed by atoms with Gasteiger partial charge in [-0.05, 0) is 79.4 Å². The van der Waals surface area contributed by atoms with E-state index in [1.807, 2.05) is 31.3 Å². The molecule has 0 aromatic heterocycles. The van der Waals surface area contributed by atoms with Crippen molar-refractivity contribution in [3.8, 4) is 5.75 Å². The van der Waals surface area contributed by atoms with E-state index in [0.717, 1.165) is 27.1 Å². The minimum absolute atomic E-state index is 0.0989. The normalized spacial score (nSPS) is 11.7. The number of hydrogen-bond donors (Lipinski definition) is 3. The molecular formula is C29H35N3O5S. The maximum atomic E-state index is 12.7. The number of aryl methyl sites for hydroxylation is 1. The Morgan fingerprint density at radius 1 is 1.11 bits per heavy atom. The van der Waals surface area contributed by atoms with Crippen LogP contribution >= 0.6 is 11.9 Å². The Hall–Kier alpha value is -3.69. The lowest BCUT2D eigenvalue weighted by atomic mass is 9.86. The zero-order chi connectivity index (χ0) is 27.7. The van der Waals surface area contributed by atoms with Crippen molar-refractivity contribution in [3.05, 3.63) is 82.9 Å². The molecule has 0 aliphatic carbocycles. The predicted molar refractivity (Wildman–Crippen MR) is 152 cm³/mol. The first-order valence-electron chi connectivity index (χ1n) is 12.4. The molecule has 4 N–H and O–H groups in total. The average Bonchev–Trinajstić information content (AvgIpc) is 2.88. The third kappa shape index (κ3) is 7.90. The van der Waals surface area contributed by atoms with Crippen LogP contribution in [-0.2, 0) is 20.9 Å². The monoisotopic (exact) mass is 537 g/mol. The first kappa shape index (κ1) is 28.9. The standard InChI is InChI=1S/C29H35N3O5S/c1-5-36-28(35)16-24(21-14-25(30)29(31-3)26(15-21)37-18-27(33)34)20-12-11-19(2)22(13-20)17-32(4)38-23-9-7-6-8-10-23/h6-15,24,31H,5,16-18,30H2,1-4H3,(H,33,34). The Bertz CT molecular complexity index is 1250. The molecule has 8 nitrogen and oxygen atoms in total. The van der Waals surface area contributed by atoms with Crippen molar-refractivity contribution in [1.29, 1.82) is 0 Å². The van der Waals surface area contributed by atoms with E-state index in [1.165, 1.54) is 0 Å². The zero-order valence-corrected chi connectivity index (χ0v) is 23.0. The highest BCUT2D eigenvalue weighted by Gasteiger charge is 2.23. The fourth-order valence-corrected chi connectivity index (χ4v) is 5.05. The maximum absolute atomic E-state index is 12.7. The first-order valence-corrected chi connectivity index (χ1v) is 13.1. The molecule has 0 aliphatic rings. The van der Waals surface area contributed by atoms with Crippen molar-refractivity contribution < 1.29 is 24.2 Å². The van der Waals surface area contributed by atoms with Gasteiger partial charge < -0.3 is 25.6 Å². The summed E-state index contributed by atoms with van der Waals surface area (Å²) in [5.74, 6) is -1.49. The smallest absolute Gasteiger partial charge is 0.341 e. The minimum Gasteiger partial charge on any atom is -0.480 e. The molecule has 0 amide bonds. The molecule has 0 radical (unpaired) electrons. The van der Waals surface area contributed by atoms with Gasteiger partial charge in [0.2, 0.25) is 0 Å². The van der Waals surface area contributed by atoms with Crippen LogP contribution in [0.15, 0.2) is 65.6 Å². The Balaban J connectivity index is 1.98. The summed E-state index contributed by atoms with van der Waals surface area (Å²) in [4.78, 5) is 24.9. The zero-order valence-electron chi connectivity index (χ0n) is 22.2. The van der Waals surface area contributed by atoms with Gasteiger partial charge in [0.1, 0.15) is 5.75 Å². The number of benzene rings is 3. The number of ether oxygens (including phenoxy) is 2. The number of nitrogens with one attached hydrogen (secondary N) is 1. The van der Waals surface area contributed by atoms with Gasteiger partial charge in [0.25, 0.3) is 0 Å². The van der Waals surface area contributed by atoms with Crippen LogP contribution in [0.3, 0.4) is 0 Å². The lowest BCUT2D eigenvalue weighted by molar-refractivity contribution is -0.143. The molecule has 3 aromatic rings. The number of anilines is 2. The molecule has 1 unspecified atom stereocenters. The van der Waals surface area contributed by atoms with Crippen LogP contribution in [0.25, 0.3) is 0 Å². The fourth-order valence-electron chi connectivity index (χ4n) is 4.21. The van der Waals surface area contributed by atoms with Gasteiger partial charge in [0, 0.05) is 24.4 Å². The molecule has 0 spiro atoms. The van der Waals surface area contributed by atoms with Gasteiger partial charge in [0.15, 0.2) is 6.61 Å². The summed E-state index contributed by atoms with van der Waals surface area (Å²) < 4.78 is 13.0. The lowest BCUT2D eigenvalue weighted by Gasteiger charge is -2.23. The highest BCUT2D eigenvalue weighted by molar-refractivity contribution is 7.97. The molecule has 9 heteroatoms. The number of nitrogen functional groups attached to an aromatic ring is 1. The van der Waals surface area contributed by atoms with E-state index in [2.05, 4.69) is 40.8 Å². The third-order valence-electron chi connectivity index (χ3n) is 6.01. The Kier molecular flexibility index (Phi) is 10.4. The van der Waals surface area contributed by atoms with Crippen LogP contribution in [0.4, 0.5) is 11.4 Å². The second-order valence-corrected chi connectivity index (χ2v) is 10.1. The molecule has 1 atom stereocenters. The summed E-state index contributed by atoms with van der Waals surface area (Å²) in [7, 11) is 3.73. The van der Waals surface area contributed by atoms with Crippen molar-refractivity contribution in [2.75, 3.05) is 38.4 Å². The molecule has 0 saturated heterocycles. The van der Waals surface area contributed by atoms with Gasteiger partial charge in [-0.3, -0.25) is 4.79 Å². The summed E-state index contributed by atoms with van der Waals surface area (Å²) >= 11 is 1.66. The van der Waals surface area contributed by atoms with E-state index in [4.69, 9.17) is 20.3 Å². The SMILES string of the molecule is CCOC(=O)CC(c1ccc(C)c(CN(C)Sc2ccccc2)c1)c1cc(N)c(NC)c(OCC(=O)O)c1. The fraction of sp³-hybridized carbons (Fsp3) is 0.310. The Morgan fingerprint density at radius 2 is 1.84 bits per heavy atom. The number of carbonyl (C=O) groups excluding carboxylic acids is 1. The van der Waals surface area contributed by atoms with Crippen LogP contribution in [0.1, 0.15) is 41.5 Å². The van der Waals surface area contributed by atoms with Crippen LogP contribution in [0, 0.1) is 6.92 Å². The number of aliphatic carboxylic acids is 1. The van der Waals surface area contributed by atoms with Crippen LogP contribution in [0.2, 0.25) is 0 Å². The maximum Gasteiger partial charge on any atom is 0.341 e. The largest absolute Gasteiger partial charge is 0.480 e. The number of carbonyl (C=O) groups is 2. The molecule has 0 fully saturated rings. The van der Waals surface area contributed by atoms with Crippen LogP contribution < -0.4 is 15.8 Å². The summed E-state index contributed by atoms with van der Waals surface area (Å²) in [6, 6.07) is 19.9. The number of hydrogen-bond acceptors (Lipinski definition) is 8. The van der Waals surface area contributed by atoms with E-state index in [9.17, 15) is 9.59 Å². The van der Waals surface area contributed by atoms with Crippen molar-refractivity contribution >= 4 is 35.3 Å². The molecular weight excluding hydrogens is 502 g/mol. The van der Waals surface area contributed by atoms with Gasteiger partial charge in [-0.15, -0.1) is 0 Å². The molecule has 0 aliphatic heterocycles. The minimum atomic E-state index is -1.10. The van der Waals surface area contributed by atoms with Gasteiger partial charge in [-0.1, -0.05) is 36.4 Å². The summed E-state index contributed by atoms with van der Waals surface area (Å²) in [5, 5.41) is 12.1. The summed E-state index contributed by atoms with van der Waals surface area (Å²) in [6.07, 6.45) is 0.0989. The van der Waals surface area contributed by atoms with Gasteiger partial charge in [-0.25, -0.2) is 9.10 Å². The van der Waals surface area contributed by atoms with Gasteiger partial charge >= 0.3 is 11.9 Å². The number of carboxylic acid groups (broad SMARTS) is 1. The molecule has 202 valence electrons. The van der Waals surface area contributed by atoms with E-state index < -0.39 is 12.6 Å². The van der Waals surface area contributed by atoms with Crippen LogP contribution in [0.5, 0.6) is 5.75 Å². The first-order chi connectivity index (χ1) is 18.2. The molecule has 3 aromatic carbocycles.